The van der Waals surface area contributed by atoms with Crippen molar-refractivity contribution in [3.05, 3.63) is 28.8 Å². The van der Waals surface area contributed by atoms with Crippen LogP contribution in [0.25, 0.3) is 0 Å². The van der Waals surface area contributed by atoms with Gasteiger partial charge < -0.3 is 15.2 Å². The van der Waals surface area contributed by atoms with Crippen LogP contribution in [0.15, 0.2) is 12.1 Å². The Bertz CT molecular complexity index is 496. The van der Waals surface area contributed by atoms with Crippen LogP contribution < -0.4 is 10.1 Å². The fourth-order valence-corrected chi connectivity index (χ4v) is 3.15. The number of nitrogens with zero attached hydrogens (tertiary/aromatic N) is 1. The van der Waals surface area contributed by atoms with E-state index in [9.17, 15) is 5.11 Å². The second kappa shape index (κ2) is 7.44. The smallest absolute Gasteiger partial charge is 0.128 e. The highest BCUT2D eigenvalue weighted by Gasteiger charge is 2.27. The number of rotatable bonds is 5. The number of hydrogen-bond acceptors (Lipinski definition) is 4. The van der Waals surface area contributed by atoms with Crippen LogP contribution in [0.4, 0.5) is 0 Å². The van der Waals surface area contributed by atoms with E-state index in [2.05, 4.69) is 43.1 Å². The maximum absolute atomic E-state index is 10.9. The highest BCUT2D eigenvalue weighted by molar-refractivity contribution is 5.45. The molecule has 1 fully saturated rings. The van der Waals surface area contributed by atoms with E-state index in [1.807, 2.05) is 13.8 Å². The number of ether oxygens (including phenoxy) is 1. The van der Waals surface area contributed by atoms with Crippen molar-refractivity contribution < 1.29 is 9.84 Å². The van der Waals surface area contributed by atoms with Crippen molar-refractivity contribution in [3.63, 3.8) is 0 Å². The normalized spacial score (nSPS) is 19.2. The Kier molecular flexibility index (Phi) is 5.84. The van der Waals surface area contributed by atoms with Crippen LogP contribution in [0.5, 0.6) is 5.75 Å². The van der Waals surface area contributed by atoms with Gasteiger partial charge in [-0.1, -0.05) is 11.6 Å². The second-order valence-corrected chi connectivity index (χ2v) is 6.64. The topological polar surface area (TPSA) is 44.7 Å². The summed E-state index contributed by atoms with van der Waals surface area (Å²) in [4.78, 5) is 2.35. The third-order valence-corrected chi connectivity index (χ3v) is 4.30. The lowest BCUT2D eigenvalue weighted by Gasteiger charge is -2.36. The third-order valence-electron chi connectivity index (χ3n) is 4.30. The zero-order valence-electron chi connectivity index (χ0n) is 14.5. The molecule has 0 spiro atoms. The fourth-order valence-electron chi connectivity index (χ4n) is 3.15. The molecule has 1 aliphatic heterocycles. The molecular formula is C18H30N2O2. The zero-order chi connectivity index (χ0) is 16.3. The second-order valence-electron chi connectivity index (χ2n) is 6.64. The van der Waals surface area contributed by atoms with Crippen LogP contribution in [-0.2, 0) is 0 Å². The largest absolute Gasteiger partial charge is 0.490 e. The Morgan fingerprint density at radius 3 is 2.36 bits per heavy atom. The maximum atomic E-state index is 10.9. The molecule has 1 saturated heterocycles. The van der Waals surface area contributed by atoms with Gasteiger partial charge in [0.1, 0.15) is 5.75 Å². The predicted molar refractivity (Wildman–Crippen MR) is 90.5 cm³/mol. The van der Waals surface area contributed by atoms with Crippen LogP contribution >= 0.6 is 0 Å². The number of benzene rings is 1. The highest BCUT2D eigenvalue weighted by atomic mass is 16.5. The third kappa shape index (κ3) is 4.00. The molecule has 0 bridgehead atoms. The van der Waals surface area contributed by atoms with E-state index in [0.29, 0.717) is 0 Å². The summed E-state index contributed by atoms with van der Waals surface area (Å²) in [6.45, 7) is 14.2. The van der Waals surface area contributed by atoms with Gasteiger partial charge in [-0.05, 0) is 46.2 Å². The molecule has 1 aliphatic rings. The first kappa shape index (κ1) is 17.3. The first-order chi connectivity index (χ1) is 10.4. The lowest BCUT2D eigenvalue weighted by Crippen LogP contribution is -2.49. The van der Waals surface area contributed by atoms with E-state index >= 15 is 0 Å². The molecule has 0 radical (unpaired) electrons. The Morgan fingerprint density at radius 2 is 1.77 bits per heavy atom. The van der Waals surface area contributed by atoms with Gasteiger partial charge in [-0.2, -0.15) is 0 Å². The summed E-state index contributed by atoms with van der Waals surface area (Å²) in [5.74, 6) is 0.843. The van der Waals surface area contributed by atoms with Crippen molar-refractivity contribution in [2.45, 2.75) is 52.9 Å². The van der Waals surface area contributed by atoms with Gasteiger partial charge in [-0.25, -0.2) is 0 Å². The van der Waals surface area contributed by atoms with Gasteiger partial charge in [0.05, 0.1) is 12.2 Å². The molecule has 2 rings (SSSR count). The first-order valence-electron chi connectivity index (χ1n) is 8.30. The average molecular weight is 306 g/mol. The van der Waals surface area contributed by atoms with E-state index in [1.165, 1.54) is 0 Å². The molecule has 0 aliphatic carbocycles. The quantitative estimate of drug-likeness (QED) is 0.877. The summed E-state index contributed by atoms with van der Waals surface area (Å²) in [6, 6.07) is 4.26. The van der Waals surface area contributed by atoms with E-state index < -0.39 is 6.10 Å². The Hall–Kier alpha value is -1.10. The van der Waals surface area contributed by atoms with E-state index in [-0.39, 0.29) is 12.1 Å². The molecule has 1 aromatic rings. The van der Waals surface area contributed by atoms with Crippen molar-refractivity contribution in [2.75, 3.05) is 26.2 Å². The van der Waals surface area contributed by atoms with Crippen LogP contribution in [0.1, 0.15) is 43.6 Å². The molecule has 0 saturated carbocycles. The van der Waals surface area contributed by atoms with Crippen LogP contribution in [0.3, 0.4) is 0 Å². The molecule has 0 aromatic heterocycles. The van der Waals surface area contributed by atoms with Crippen molar-refractivity contribution >= 4 is 0 Å². The van der Waals surface area contributed by atoms with E-state index in [4.69, 9.17) is 4.74 Å². The summed E-state index contributed by atoms with van der Waals surface area (Å²) in [6.07, 6.45) is -0.438. The molecule has 1 heterocycles. The van der Waals surface area contributed by atoms with Crippen LogP contribution in [-0.4, -0.2) is 48.3 Å². The van der Waals surface area contributed by atoms with Gasteiger partial charge in [-0.15, -0.1) is 0 Å². The minimum Gasteiger partial charge on any atom is -0.490 e. The molecule has 2 N–H and O–H groups in total. The standard InChI is InChI=1S/C18H30N2O2/c1-12(2)22-18-14(4)10-13(3)11-16(18)17(21)15(5)20-8-6-19-7-9-20/h10-12,15,17,19,21H,6-9H2,1-5H3. The zero-order valence-corrected chi connectivity index (χ0v) is 14.5. The Balaban J connectivity index is 2.28. The minimum absolute atomic E-state index is 0.0813. The number of hydrogen-bond donors (Lipinski definition) is 2. The monoisotopic (exact) mass is 306 g/mol. The van der Waals surface area contributed by atoms with E-state index in [1.54, 1.807) is 0 Å². The Labute approximate surface area is 134 Å². The van der Waals surface area contributed by atoms with Gasteiger partial charge in [0.15, 0.2) is 0 Å². The molecule has 22 heavy (non-hydrogen) atoms. The SMILES string of the molecule is Cc1cc(C)c(OC(C)C)c(C(O)C(C)N2CCNCC2)c1. The van der Waals surface area contributed by atoms with Crippen molar-refractivity contribution in [1.82, 2.24) is 10.2 Å². The first-order valence-corrected chi connectivity index (χ1v) is 8.30. The predicted octanol–water partition coefficient (Wildman–Crippen LogP) is 2.42. The number of piperazine rings is 1. The molecule has 1 aromatic carbocycles. The molecule has 124 valence electrons. The van der Waals surface area contributed by atoms with Crippen LogP contribution in [0, 0.1) is 13.8 Å². The van der Waals surface area contributed by atoms with Crippen molar-refractivity contribution in [1.29, 1.82) is 0 Å². The van der Waals surface area contributed by atoms with Gasteiger partial charge in [0, 0.05) is 37.8 Å². The van der Waals surface area contributed by atoms with Crippen molar-refractivity contribution in [2.24, 2.45) is 0 Å². The number of aliphatic hydroxyl groups is 1. The molecule has 2 atom stereocenters. The lowest BCUT2D eigenvalue weighted by molar-refractivity contribution is 0.0482. The van der Waals surface area contributed by atoms with Gasteiger partial charge in [-0.3, -0.25) is 4.90 Å². The van der Waals surface area contributed by atoms with E-state index in [0.717, 1.165) is 48.6 Å². The molecule has 4 nitrogen and oxygen atoms in total. The van der Waals surface area contributed by atoms with Gasteiger partial charge in [0.25, 0.3) is 0 Å². The maximum Gasteiger partial charge on any atom is 0.128 e. The molecular weight excluding hydrogens is 276 g/mol. The summed E-state index contributed by atoms with van der Waals surface area (Å²) < 4.78 is 6.00. The number of aryl methyl sites for hydroxylation is 2. The minimum atomic E-state index is -0.537. The highest BCUT2D eigenvalue weighted by Crippen LogP contribution is 2.34. The summed E-state index contributed by atoms with van der Waals surface area (Å²) in [7, 11) is 0. The van der Waals surface area contributed by atoms with Gasteiger partial charge >= 0.3 is 0 Å². The summed E-state index contributed by atoms with van der Waals surface area (Å²) in [5.41, 5.74) is 3.17. The average Bonchev–Trinajstić information content (AvgIpc) is 2.49. The molecule has 0 amide bonds. The lowest BCUT2D eigenvalue weighted by atomic mass is 9.96. The summed E-state index contributed by atoms with van der Waals surface area (Å²) >= 11 is 0. The fraction of sp³-hybridized carbons (Fsp3) is 0.667. The number of aliphatic hydroxyl groups excluding tert-OH is 1. The molecule has 4 heteroatoms. The Morgan fingerprint density at radius 1 is 1.14 bits per heavy atom. The van der Waals surface area contributed by atoms with Crippen LogP contribution in [0.2, 0.25) is 0 Å². The number of nitrogens with one attached hydrogen (secondary N) is 1. The summed E-state index contributed by atoms with van der Waals surface area (Å²) in [5, 5.41) is 14.3. The molecule has 2 unspecified atom stereocenters. The van der Waals surface area contributed by atoms with Crippen molar-refractivity contribution in [3.8, 4) is 5.75 Å². The van der Waals surface area contributed by atoms with Gasteiger partial charge in [0.2, 0.25) is 0 Å².